The molecule has 0 bridgehead atoms. The third kappa shape index (κ3) is 3.80. The van der Waals surface area contributed by atoms with Crippen LogP contribution in [-0.2, 0) is 0 Å². The van der Waals surface area contributed by atoms with Crippen molar-refractivity contribution in [2.24, 2.45) is 5.73 Å². The molecule has 0 fully saturated rings. The molecule has 8 heteroatoms. The van der Waals surface area contributed by atoms with Gasteiger partial charge in [0.1, 0.15) is 23.1 Å². The Morgan fingerprint density at radius 2 is 1.87 bits per heavy atom. The number of fused-ring (bicyclic) bond motifs is 1. The molecular formula is C23H15N3O5. The molecule has 8 nitrogen and oxygen atoms in total. The molecule has 0 spiro atoms. The Balaban J connectivity index is 1.73. The van der Waals surface area contributed by atoms with E-state index in [9.17, 15) is 20.2 Å². The number of rotatable bonds is 4. The first-order chi connectivity index (χ1) is 15.0. The molecule has 2 N–H and O–H groups in total. The maximum Gasteiger partial charge on any atom is 0.343 e. The van der Waals surface area contributed by atoms with Gasteiger partial charge in [-0.15, -0.1) is 0 Å². The van der Waals surface area contributed by atoms with Crippen molar-refractivity contribution < 1.29 is 19.2 Å². The summed E-state index contributed by atoms with van der Waals surface area (Å²) in [6, 6.07) is 21.3. The second kappa shape index (κ2) is 8.00. The van der Waals surface area contributed by atoms with Crippen LogP contribution >= 0.6 is 0 Å². The van der Waals surface area contributed by atoms with Crippen molar-refractivity contribution >= 4 is 11.7 Å². The maximum absolute atomic E-state index is 12.3. The lowest BCUT2D eigenvalue weighted by Gasteiger charge is -2.26. The molecule has 0 amide bonds. The first kappa shape index (κ1) is 19.7. The molecule has 152 valence electrons. The van der Waals surface area contributed by atoms with E-state index in [-0.39, 0.29) is 22.9 Å². The summed E-state index contributed by atoms with van der Waals surface area (Å²) < 4.78 is 11.0. The predicted octanol–water partition coefficient (Wildman–Crippen LogP) is 4.03. The largest absolute Gasteiger partial charge is 0.440 e. The first-order valence-electron chi connectivity index (χ1n) is 9.21. The molecule has 1 aliphatic rings. The highest BCUT2D eigenvalue weighted by atomic mass is 16.6. The number of nitro groups is 1. The number of hydrogen-bond donors (Lipinski definition) is 1. The molecule has 1 atom stereocenters. The molecule has 1 aliphatic heterocycles. The van der Waals surface area contributed by atoms with Crippen LogP contribution < -0.4 is 15.2 Å². The number of benzene rings is 3. The quantitative estimate of drug-likeness (QED) is 0.296. The molecule has 1 heterocycles. The molecule has 3 aromatic carbocycles. The van der Waals surface area contributed by atoms with Gasteiger partial charge in [0.25, 0.3) is 5.69 Å². The number of carbonyl (C=O) groups excluding carboxylic acids is 1. The summed E-state index contributed by atoms with van der Waals surface area (Å²) in [5, 5.41) is 20.8. The minimum atomic E-state index is -0.660. The van der Waals surface area contributed by atoms with Crippen molar-refractivity contribution in [3.8, 4) is 17.6 Å². The lowest BCUT2D eigenvalue weighted by molar-refractivity contribution is -0.384. The van der Waals surface area contributed by atoms with E-state index in [2.05, 4.69) is 0 Å². The van der Waals surface area contributed by atoms with E-state index in [0.717, 1.165) is 0 Å². The van der Waals surface area contributed by atoms with Gasteiger partial charge in [0.05, 0.1) is 16.4 Å². The Morgan fingerprint density at radius 3 is 2.58 bits per heavy atom. The van der Waals surface area contributed by atoms with Crippen molar-refractivity contribution in [2.75, 3.05) is 0 Å². The lowest BCUT2D eigenvalue weighted by atomic mass is 9.83. The highest BCUT2D eigenvalue weighted by molar-refractivity contribution is 5.91. The lowest BCUT2D eigenvalue weighted by Crippen LogP contribution is -2.21. The third-order valence-electron chi connectivity index (χ3n) is 4.82. The topological polar surface area (TPSA) is 128 Å². The highest BCUT2D eigenvalue weighted by Gasteiger charge is 2.32. The second-order valence-corrected chi connectivity index (χ2v) is 6.73. The van der Waals surface area contributed by atoms with Crippen LogP contribution in [0.25, 0.3) is 0 Å². The summed E-state index contributed by atoms with van der Waals surface area (Å²) in [7, 11) is 0. The summed E-state index contributed by atoms with van der Waals surface area (Å²) in [4.78, 5) is 23.0. The molecule has 0 saturated carbocycles. The maximum atomic E-state index is 12.3. The zero-order valence-corrected chi connectivity index (χ0v) is 16.0. The van der Waals surface area contributed by atoms with Gasteiger partial charge in [-0.25, -0.2) is 4.79 Å². The normalized spacial score (nSPS) is 14.7. The van der Waals surface area contributed by atoms with Gasteiger partial charge in [0.2, 0.25) is 5.88 Å². The second-order valence-electron chi connectivity index (χ2n) is 6.73. The Morgan fingerprint density at radius 1 is 1.10 bits per heavy atom. The number of hydrogen-bond acceptors (Lipinski definition) is 7. The number of nitrogens with two attached hydrogens (primary N) is 1. The van der Waals surface area contributed by atoms with E-state index < -0.39 is 16.8 Å². The fourth-order valence-corrected chi connectivity index (χ4v) is 3.40. The molecule has 0 aromatic heterocycles. The summed E-state index contributed by atoms with van der Waals surface area (Å²) in [5.74, 6) is -0.775. The third-order valence-corrected chi connectivity index (χ3v) is 4.82. The van der Waals surface area contributed by atoms with Crippen LogP contribution in [0.15, 0.2) is 84.3 Å². The first-order valence-corrected chi connectivity index (χ1v) is 9.21. The minimum Gasteiger partial charge on any atom is -0.440 e. The zero-order valence-electron chi connectivity index (χ0n) is 16.0. The molecule has 0 radical (unpaired) electrons. The van der Waals surface area contributed by atoms with Crippen LogP contribution in [0, 0.1) is 21.4 Å². The number of carbonyl (C=O) groups is 1. The molecule has 4 rings (SSSR count). The number of ether oxygens (including phenoxy) is 2. The van der Waals surface area contributed by atoms with Crippen molar-refractivity contribution in [3.63, 3.8) is 0 Å². The van der Waals surface area contributed by atoms with E-state index in [0.29, 0.717) is 22.4 Å². The van der Waals surface area contributed by atoms with E-state index in [4.69, 9.17) is 15.2 Å². The SMILES string of the molecule is N#CC1=C(N)Oc2cc(OC(=O)c3ccccc3)ccc2C1c1cccc([N+](=O)[O-])c1. The van der Waals surface area contributed by atoms with E-state index >= 15 is 0 Å². The molecule has 1 unspecified atom stereocenters. The summed E-state index contributed by atoms with van der Waals surface area (Å²) in [6.45, 7) is 0. The Hall–Kier alpha value is -4.64. The van der Waals surface area contributed by atoms with Crippen molar-refractivity contribution in [1.29, 1.82) is 5.26 Å². The van der Waals surface area contributed by atoms with Crippen LogP contribution in [0.2, 0.25) is 0 Å². The van der Waals surface area contributed by atoms with Crippen LogP contribution in [0.3, 0.4) is 0 Å². The Kier molecular flexibility index (Phi) is 5.08. The predicted molar refractivity (Wildman–Crippen MR) is 110 cm³/mol. The van der Waals surface area contributed by atoms with Crippen LogP contribution in [0.5, 0.6) is 11.5 Å². The van der Waals surface area contributed by atoms with Crippen LogP contribution in [0.4, 0.5) is 5.69 Å². The summed E-state index contributed by atoms with van der Waals surface area (Å²) in [6.07, 6.45) is 0. The number of allylic oxidation sites excluding steroid dienone is 1. The smallest absolute Gasteiger partial charge is 0.343 e. The Labute approximate surface area is 176 Å². The van der Waals surface area contributed by atoms with Gasteiger partial charge in [0.15, 0.2) is 0 Å². The van der Waals surface area contributed by atoms with Gasteiger partial charge in [-0.2, -0.15) is 5.26 Å². The fraction of sp³-hybridized carbons (Fsp3) is 0.0435. The average Bonchev–Trinajstić information content (AvgIpc) is 2.78. The van der Waals surface area contributed by atoms with Gasteiger partial charge >= 0.3 is 5.97 Å². The fourth-order valence-electron chi connectivity index (χ4n) is 3.40. The summed E-state index contributed by atoms with van der Waals surface area (Å²) >= 11 is 0. The minimum absolute atomic E-state index is 0.102. The molecule has 0 aliphatic carbocycles. The molecule has 31 heavy (non-hydrogen) atoms. The number of non-ortho nitro benzene ring substituents is 1. The number of nitro benzene ring substituents is 1. The monoisotopic (exact) mass is 413 g/mol. The van der Waals surface area contributed by atoms with Gasteiger partial charge in [0, 0.05) is 23.8 Å². The zero-order chi connectivity index (χ0) is 22.0. The van der Waals surface area contributed by atoms with E-state index in [1.165, 1.54) is 18.2 Å². The number of nitrogens with zero attached hydrogens (tertiary/aromatic N) is 2. The van der Waals surface area contributed by atoms with E-state index in [1.54, 1.807) is 54.6 Å². The number of nitriles is 1. The van der Waals surface area contributed by atoms with E-state index in [1.807, 2.05) is 6.07 Å². The van der Waals surface area contributed by atoms with Gasteiger partial charge in [-0.05, 0) is 23.8 Å². The standard InChI is InChI=1S/C23H15N3O5/c24-13-19-21(15-7-4-8-16(11-15)26(28)29)18-10-9-17(12-20(18)31-22(19)25)30-23(27)14-5-2-1-3-6-14/h1-12,21H,25H2. The van der Waals surface area contributed by atoms with Crippen LogP contribution in [-0.4, -0.2) is 10.9 Å². The van der Waals surface area contributed by atoms with Crippen molar-refractivity contribution in [1.82, 2.24) is 0 Å². The van der Waals surface area contributed by atoms with Gasteiger partial charge < -0.3 is 15.2 Å². The molecular weight excluding hydrogens is 398 g/mol. The Bertz CT molecular complexity index is 1260. The summed E-state index contributed by atoms with van der Waals surface area (Å²) in [5.41, 5.74) is 7.49. The van der Waals surface area contributed by atoms with Crippen LogP contribution in [0.1, 0.15) is 27.4 Å². The number of esters is 1. The van der Waals surface area contributed by atoms with Gasteiger partial charge in [-0.1, -0.05) is 36.4 Å². The molecule has 3 aromatic rings. The molecule has 0 saturated heterocycles. The highest BCUT2D eigenvalue weighted by Crippen LogP contribution is 2.44. The van der Waals surface area contributed by atoms with Crippen molar-refractivity contribution in [2.45, 2.75) is 5.92 Å². The van der Waals surface area contributed by atoms with Gasteiger partial charge in [-0.3, -0.25) is 10.1 Å². The average molecular weight is 413 g/mol. The van der Waals surface area contributed by atoms with Crippen molar-refractivity contribution in [3.05, 3.63) is 111 Å².